The molecule has 28 valence electrons. The Morgan fingerprint density at radius 3 is 1.40 bits per heavy atom. The van der Waals surface area contributed by atoms with Crippen molar-refractivity contribution in [1.82, 2.24) is 0 Å². The zero-order valence-corrected chi connectivity index (χ0v) is 5.43. The summed E-state index contributed by atoms with van der Waals surface area (Å²) in [5, 5.41) is 14.8. The molecule has 0 spiro atoms. The monoisotopic (exact) mass is 87.0 g/mol. The molecule has 0 aliphatic rings. The van der Waals surface area contributed by atoms with Crippen molar-refractivity contribution >= 4 is 0 Å². The van der Waals surface area contributed by atoms with Gasteiger partial charge in [0.25, 0.3) is 0 Å². The van der Waals surface area contributed by atoms with Crippen LogP contribution >= 0.6 is 0 Å². The third-order valence-electron chi connectivity index (χ3n) is 0. The molecule has 0 aromatic carbocycles. The number of hydrogen-bond donors (Lipinski definition) is 2. The first kappa shape index (κ1) is 16.9. The van der Waals surface area contributed by atoms with Gasteiger partial charge in [0.05, 0.1) is 0 Å². The van der Waals surface area contributed by atoms with Gasteiger partial charge >= 0.3 is 29.6 Å². The van der Waals surface area contributed by atoms with Crippen LogP contribution in [-0.4, -0.2) is 12.3 Å². The van der Waals surface area contributed by atoms with E-state index >= 15 is 0 Å². The first-order chi connectivity index (χ1) is 2.00. The van der Waals surface area contributed by atoms with E-state index in [4.69, 9.17) is 10.3 Å². The molecule has 0 aromatic rings. The predicted molar refractivity (Wildman–Crippen MR) is 11.9 cm³/mol. The molecule has 0 aliphatic carbocycles. The van der Waals surface area contributed by atoms with Crippen LogP contribution in [-0.2, 0) is 0 Å². The maximum atomic E-state index is 8.25. The summed E-state index contributed by atoms with van der Waals surface area (Å²) in [5.41, 5.74) is 0. The van der Waals surface area contributed by atoms with Gasteiger partial charge < -0.3 is 10.3 Å². The van der Waals surface area contributed by atoms with Gasteiger partial charge in [-0.25, -0.2) is 5.90 Å². The number of rotatable bonds is 0. The van der Waals surface area contributed by atoms with Crippen LogP contribution in [0.1, 0.15) is 0 Å². The molecular formula is CH6NNaO2. The normalized spacial score (nSPS) is 2.40. The minimum Gasteiger partial charge on any atom is -0.857 e. The molecule has 0 bridgehead atoms. The van der Waals surface area contributed by atoms with Crippen LogP contribution < -0.4 is 40.6 Å². The van der Waals surface area contributed by atoms with Gasteiger partial charge in [-0.15, -0.1) is 0 Å². The first-order valence-electron chi connectivity index (χ1n) is 0.666. The van der Waals surface area contributed by atoms with Gasteiger partial charge in [0.15, 0.2) is 0 Å². The molecule has 0 aliphatic heterocycles. The molecule has 0 amide bonds. The average Bonchev–Trinajstić information content (AvgIpc) is 1.50. The molecule has 0 saturated heterocycles. The summed E-state index contributed by atoms with van der Waals surface area (Å²) in [5.74, 6) is 3.50. The Hall–Kier alpha value is 0.880. The van der Waals surface area contributed by atoms with E-state index in [-0.39, 0.29) is 29.6 Å². The van der Waals surface area contributed by atoms with Gasteiger partial charge in [-0.05, 0) is 0 Å². The minimum absolute atomic E-state index is 0. The van der Waals surface area contributed by atoms with Crippen molar-refractivity contribution in [2.75, 3.05) is 7.11 Å². The maximum Gasteiger partial charge on any atom is 1.00 e. The second-order valence-corrected chi connectivity index (χ2v) is 0. The summed E-state index contributed by atoms with van der Waals surface area (Å²) < 4.78 is 0. The van der Waals surface area contributed by atoms with Crippen LogP contribution in [0.15, 0.2) is 0 Å². The zero-order valence-electron chi connectivity index (χ0n) is 3.43. The van der Waals surface area contributed by atoms with E-state index < -0.39 is 0 Å². The smallest absolute Gasteiger partial charge is 0.857 e. The largest absolute Gasteiger partial charge is 1.00 e. The van der Waals surface area contributed by atoms with E-state index in [9.17, 15) is 0 Å². The Bertz CT molecular complexity index is 9.61. The molecule has 0 heterocycles. The number of hydrogen-bond acceptors (Lipinski definition) is 3. The van der Waals surface area contributed by atoms with Gasteiger partial charge in [-0.1, -0.05) is 0 Å². The summed E-state index contributed by atoms with van der Waals surface area (Å²) in [7, 11) is 0.750. The molecule has 3 N–H and O–H groups in total. The molecule has 0 aromatic heterocycles. The van der Waals surface area contributed by atoms with Gasteiger partial charge in [0.2, 0.25) is 0 Å². The van der Waals surface area contributed by atoms with E-state index in [1.165, 1.54) is 0 Å². The summed E-state index contributed by atoms with van der Waals surface area (Å²) in [6.45, 7) is 0. The second-order valence-electron chi connectivity index (χ2n) is 0. The van der Waals surface area contributed by atoms with Crippen molar-refractivity contribution in [3.05, 3.63) is 0 Å². The molecule has 5 heavy (non-hydrogen) atoms. The quantitative estimate of drug-likeness (QED) is 0.230. The molecule has 0 unspecified atom stereocenters. The Morgan fingerprint density at radius 1 is 1.40 bits per heavy atom. The summed E-state index contributed by atoms with van der Waals surface area (Å²) in [4.78, 5) is 0. The molecule has 0 atom stereocenters. The van der Waals surface area contributed by atoms with Gasteiger partial charge in [-0.2, -0.15) is 7.11 Å². The van der Waals surface area contributed by atoms with Crippen LogP contribution in [0.2, 0.25) is 0 Å². The molecule has 0 saturated carbocycles. The third-order valence-corrected chi connectivity index (χ3v) is 0. The van der Waals surface area contributed by atoms with Crippen LogP contribution in [0, 0.1) is 0 Å². The Morgan fingerprint density at radius 2 is 1.40 bits per heavy atom. The average molecular weight is 87.1 g/mol. The van der Waals surface area contributed by atoms with Crippen LogP contribution in [0.5, 0.6) is 0 Å². The SMILES string of the molecule is C[O-].NO.[Na+]. The molecule has 0 radical (unpaired) electrons. The summed E-state index contributed by atoms with van der Waals surface area (Å²) in [6, 6.07) is 0. The second kappa shape index (κ2) is 94.9. The molecule has 4 heteroatoms. The molecule has 0 fully saturated rings. The molecular weight excluding hydrogens is 81.0 g/mol. The molecule has 3 nitrogen and oxygen atoms in total. The maximum absolute atomic E-state index is 8.25. The van der Waals surface area contributed by atoms with E-state index in [0.29, 0.717) is 0 Å². The topological polar surface area (TPSA) is 69.3 Å². The van der Waals surface area contributed by atoms with E-state index in [2.05, 4.69) is 5.90 Å². The Balaban J connectivity index is -0.0000000133. The van der Waals surface area contributed by atoms with Crippen molar-refractivity contribution < 1.29 is 39.9 Å². The van der Waals surface area contributed by atoms with Crippen LogP contribution in [0.25, 0.3) is 0 Å². The van der Waals surface area contributed by atoms with Crippen LogP contribution in [0.4, 0.5) is 0 Å². The Labute approximate surface area is 53.0 Å². The first-order valence-corrected chi connectivity index (χ1v) is 0.666. The van der Waals surface area contributed by atoms with Gasteiger partial charge in [0.1, 0.15) is 0 Å². The van der Waals surface area contributed by atoms with Crippen molar-refractivity contribution in [3.8, 4) is 0 Å². The fourth-order valence-corrected chi connectivity index (χ4v) is 0. The van der Waals surface area contributed by atoms with Crippen molar-refractivity contribution in [2.24, 2.45) is 5.90 Å². The fourth-order valence-electron chi connectivity index (χ4n) is 0. The summed E-state index contributed by atoms with van der Waals surface area (Å²) in [6.07, 6.45) is 0. The number of nitrogens with two attached hydrogens (primary N) is 1. The zero-order chi connectivity index (χ0) is 4.00. The van der Waals surface area contributed by atoms with E-state index in [0.717, 1.165) is 7.11 Å². The van der Waals surface area contributed by atoms with E-state index in [1.807, 2.05) is 0 Å². The third kappa shape index (κ3) is 52.3. The Kier molecular flexibility index (Phi) is 320. The summed E-state index contributed by atoms with van der Waals surface area (Å²) >= 11 is 0. The predicted octanol–water partition coefficient (Wildman–Crippen LogP) is -4.69. The van der Waals surface area contributed by atoms with Crippen molar-refractivity contribution in [2.45, 2.75) is 0 Å². The van der Waals surface area contributed by atoms with Gasteiger partial charge in [-0.3, -0.25) is 0 Å². The molecule has 0 rings (SSSR count). The van der Waals surface area contributed by atoms with Gasteiger partial charge in [0, 0.05) is 0 Å². The van der Waals surface area contributed by atoms with Crippen molar-refractivity contribution in [3.63, 3.8) is 0 Å². The van der Waals surface area contributed by atoms with E-state index in [1.54, 1.807) is 0 Å². The minimum atomic E-state index is 0. The van der Waals surface area contributed by atoms with Crippen LogP contribution in [0.3, 0.4) is 0 Å². The van der Waals surface area contributed by atoms with Crippen molar-refractivity contribution in [1.29, 1.82) is 0 Å². The fraction of sp³-hybridized carbons (Fsp3) is 1.00. The standard InChI is InChI=1S/CH3O.H3NO.Na/c2*1-2;/h1H3;2H,1H2;/q-1;;+1.